The molecular weight excluding hydrogens is 278 g/mol. The van der Waals surface area contributed by atoms with Crippen molar-refractivity contribution in [2.24, 2.45) is 5.73 Å². The molecule has 1 aliphatic heterocycles. The first-order valence-electron chi connectivity index (χ1n) is 6.58. The molecule has 2 atom stereocenters. The Kier molecular flexibility index (Phi) is 3.50. The summed E-state index contributed by atoms with van der Waals surface area (Å²) in [7, 11) is 0. The maximum Gasteiger partial charge on any atom is 0.248 e. The Hall–Kier alpha value is -1.43. The molecule has 106 valence electrons. The molecule has 0 aliphatic carbocycles. The number of nitrogens with zero attached hydrogens (tertiary/aromatic N) is 2. The van der Waals surface area contributed by atoms with Crippen molar-refractivity contribution in [1.82, 2.24) is 10.1 Å². The van der Waals surface area contributed by atoms with E-state index in [0.29, 0.717) is 16.7 Å². The van der Waals surface area contributed by atoms with E-state index in [1.807, 2.05) is 25.1 Å². The molecule has 20 heavy (non-hydrogen) atoms. The molecule has 1 fully saturated rings. The first-order valence-corrected chi connectivity index (χ1v) is 6.96. The minimum Gasteiger partial charge on any atom is -0.367 e. The monoisotopic (exact) mass is 293 g/mol. The van der Waals surface area contributed by atoms with Crippen LogP contribution in [0.5, 0.6) is 0 Å². The van der Waals surface area contributed by atoms with E-state index in [1.165, 1.54) is 0 Å². The third kappa shape index (κ3) is 2.32. The van der Waals surface area contributed by atoms with Crippen LogP contribution in [0.3, 0.4) is 0 Å². The zero-order valence-corrected chi connectivity index (χ0v) is 11.9. The normalized spacial score (nSPS) is 23.9. The van der Waals surface area contributed by atoms with Gasteiger partial charge in [0.15, 0.2) is 0 Å². The van der Waals surface area contributed by atoms with E-state index in [1.54, 1.807) is 6.07 Å². The molecule has 0 amide bonds. The minimum absolute atomic E-state index is 0.352. The molecule has 6 heteroatoms. The highest BCUT2D eigenvalue weighted by Crippen LogP contribution is 2.34. The molecule has 1 saturated heterocycles. The highest BCUT2D eigenvalue weighted by atomic mass is 35.5. The van der Waals surface area contributed by atoms with Crippen molar-refractivity contribution < 1.29 is 9.26 Å². The average molecular weight is 294 g/mol. The van der Waals surface area contributed by atoms with Crippen molar-refractivity contribution in [3.8, 4) is 0 Å². The second-order valence-electron chi connectivity index (χ2n) is 5.14. The topological polar surface area (TPSA) is 74.2 Å². The van der Waals surface area contributed by atoms with E-state index in [4.69, 9.17) is 26.6 Å². The van der Waals surface area contributed by atoms with Crippen molar-refractivity contribution in [3.05, 3.63) is 46.6 Å². The summed E-state index contributed by atoms with van der Waals surface area (Å²) in [6.45, 7) is 2.69. The summed E-state index contributed by atoms with van der Waals surface area (Å²) in [4.78, 5) is 4.40. The number of ether oxygens (including phenoxy) is 1. The van der Waals surface area contributed by atoms with Crippen LogP contribution in [0.1, 0.15) is 43.1 Å². The highest BCUT2D eigenvalue weighted by molar-refractivity contribution is 6.31. The Bertz CT molecular complexity index is 608. The van der Waals surface area contributed by atoms with Gasteiger partial charge in [0.05, 0.1) is 0 Å². The van der Waals surface area contributed by atoms with Crippen LogP contribution in [-0.4, -0.2) is 16.7 Å². The molecule has 0 bridgehead atoms. The number of aromatic nitrogens is 2. The Balaban J connectivity index is 1.88. The van der Waals surface area contributed by atoms with E-state index < -0.39 is 11.6 Å². The maximum absolute atomic E-state index is 6.15. The van der Waals surface area contributed by atoms with Crippen LogP contribution in [-0.2, 0) is 10.3 Å². The van der Waals surface area contributed by atoms with E-state index in [0.717, 1.165) is 25.0 Å². The first-order chi connectivity index (χ1) is 9.60. The number of nitrogens with two attached hydrogens (primary N) is 1. The van der Waals surface area contributed by atoms with Gasteiger partial charge in [-0.15, -0.1) is 0 Å². The van der Waals surface area contributed by atoms with Crippen LogP contribution < -0.4 is 5.73 Å². The molecule has 2 N–H and O–H groups in total. The smallest absolute Gasteiger partial charge is 0.248 e. The lowest BCUT2D eigenvalue weighted by atomic mass is 10.0. The van der Waals surface area contributed by atoms with Crippen LogP contribution in [0, 0.1) is 0 Å². The van der Waals surface area contributed by atoms with Crippen LogP contribution in [0.2, 0.25) is 5.02 Å². The predicted molar refractivity (Wildman–Crippen MR) is 74.3 cm³/mol. The van der Waals surface area contributed by atoms with Gasteiger partial charge < -0.3 is 15.0 Å². The standard InChI is InChI=1S/C14H16ClN3O2/c1-14(7-4-8-19-14)13-17-12(20-18-13)11(16)9-5-2-3-6-10(9)15/h2-3,5-6,11H,4,7-8,16H2,1H3/t11-,14?/m1/s1. The van der Waals surface area contributed by atoms with E-state index in [-0.39, 0.29) is 0 Å². The van der Waals surface area contributed by atoms with Gasteiger partial charge in [0.2, 0.25) is 11.7 Å². The summed E-state index contributed by atoms with van der Waals surface area (Å²) in [6.07, 6.45) is 1.88. The molecule has 5 nitrogen and oxygen atoms in total. The molecule has 1 aromatic heterocycles. The van der Waals surface area contributed by atoms with Gasteiger partial charge in [0, 0.05) is 11.6 Å². The molecule has 2 heterocycles. The predicted octanol–water partition coefficient (Wildman–Crippen LogP) is 2.80. The minimum atomic E-state index is -0.532. The molecule has 0 radical (unpaired) electrons. The fourth-order valence-corrected chi connectivity index (χ4v) is 2.65. The number of hydrogen-bond acceptors (Lipinski definition) is 5. The van der Waals surface area contributed by atoms with Gasteiger partial charge in [-0.05, 0) is 31.4 Å². The van der Waals surface area contributed by atoms with Gasteiger partial charge in [-0.3, -0.25) is 0 Å². The lowest BCUT2D eigenvalue weighted by Gasteiger charge is -2.17. The fraction of sp³-hybridized carbons (Fsp3) is 0.429. The zero-order valence-electron chi connectivity index (χ0n) is 11.2. The van der Waals surface area contributed by atoms with E-state index >= 15 is 0 Å². The second kappa shape index (κ2) is 5.16. The van der Waals surface area contributed by atoms with Crippen molar-refractivity contribution in [1.29, 1.82) is 0 Å². The average Bonchev–Trinajstić information content (AvgIpc) is 3.08. The number of hydrogen-bond donors (Lipinski definition) is 1. The summed E-state index contributed by atoms with van der Waals surface area (Å²) in [5.74, 6) is 0.900. The number of halogens is 1. The largest absolute Gasteiger partial charge is 0.367 e. The SMILES string of the molecule is CC1(c2noc([C@H](N)c3ccccc3Cl)n2)CCCO1. The fourth-order valence-electron chi connectivity index (χ4n) is 2.39. The Morgan fingerprint density at radius 1 is 1.40 bits per heavy atom. The number of benzene rings is 1. The molecule has 0 saturated carbocycles. The van der Waals surface area contributed by atoms with Crippen molar-refractivity contribution in [2.75, 3.05) is 6.61 Å². The van der Waals surface area contributed by atoms with Crippen LogP contribution >= 0.6 is 11.6 Å². The molecule has 1 aliphatic rings. The molecular formula is C14H16ClN3O2. The molecule has 1 aromatic carbocycles. The van der Waals surface area contributed by atoms with Crippen molar-refractivity contribution in [2.45, 2.75) is 31.4 Å². The van der Waals surface area contributed by atoms with Gasteiger partial charge in [0.25, 0.3) is 0 Å². The van der Waals surface area contributed by atoms with Crippen LogP contribution in [0.15, 0.2) is 28.8 Å². The summed E-state index contributed by atoms with van der Waals surface area (Å²) >= 11 is 6.14. The second-order valence-corrected chi connectivity index (χ2v) is 5.55. The first kappa shape index (κ1) is 13.5. The zero-order chi connectivity index (χ0) is 14.2. The van der Waals surface area contributed by atoms with Gasteiger partial charge >= 0.3 is 0 Å². The highest BCUT2D eigenvalue weighted by Gasteiger charge is 2.37. The number of rotatable bonds is 3. The summed E-state index contributed by atoms with van der Waals surface area (Å²) in [5, 5.41) is 4.60. The van der Waals surface area contributed by atoms with E-state index in [9.17, 15) is 0 Å². The summed E-state index contributed by atoms with van der Waals surface area (Å²) in [5.41, 5.74) is 6.45. The van der Waals surface area contributed by atoms with Crippen LogP contribution in [0.4, 0.5) is 0 Å². The Morgan fingerprint density at radius 2 is 2.20 bits per heavy atom. The quantitative estimate of drug-likeness (QED) is 0.942. The van der Waals surface area contributed by atoms with Crippen molar-refractivity contribution >= 4 is 11.6 Å². The molecule has 2 aromatic rings. The van der Waals surface area contributed by atoms with Gasteiger partial charge in [-0.1, -0.05) is 35.0 Å². The summed E-state index contributed by atoms with van der Waals surface area (Å²) < 4.78 is 11.0. The van der Waals surface area contributed by atoms with Gasteiger partial charge in [-0.2, -0.15) is 4.98 Å². The lowest BCUT2D eigenvalue weighted by molar-refractivity contribution is 0.00768. The third-order valence-corrected chi connectivity index (χ3v) is 3.98. The maximum atomic E-state index is 6.15. The van der Waals surface area contributed by atoms with Crippen molar-refractivity contribution in [3.63, 3.8) is 0 Å². The van der Waals surface area contributed by atoms with E-state index in [2.05, 4.69) is 10.1 Å². The Morgan fingerprint density at radius 3 is 2.90 bits per heavy atom. The van der Waals surface area contributed by atoms with Gasteiger partial charge in [0.1, 0.15) is 11.6 Å². The van der Waals surface area contributed by atoms with Crippen LogP contribution in [0.25, 0.3) is 0 Å². The lowest BCUT2D eigenvalue weighted by Crippen LogP contribution is -2.22. The molecule has 0 spiro atoms. The third-order valence-electron chi connectivity index (χ3n) is 3.64. The summed E-state index contributed by atoms with van der Waals surface area (Å²) in [6, 6.07) is 6.83. The molecule has 1 unspecified atom stereocenters. The van der Waals surface area contributed by atoms with Gasteiger partial charge in [-0.25, -0.2) is 0 Å². The Labute approximate surface area is 122 Å². The molecule has 3 rings (SSSR count).